The van der Waals surface area contributed by atoms with Crippen molar-refractivity contribution in [2.75, 3.05) is 13.2 Å². The fourth-order valence-electron chi connectivity index (χ4n) is 1.62. The smallest absolute Gasteiger partial charge is 0.336 e. The third-order valence-corrected chi connectivity index (χ3v) is 2.94. The predicted octanol–water partition coefficient (Wildman–Crippen LogP) is 1.27. The summed E-state index contributed by atoms with van der Waals surface area (Å²) in [5.41, 5.74) is 4.58. The Hall–Kier alpha value is -1.85. The lowest BCUT2D eigenvalue weighted by Gasteiger charge is -2.20. The summed E-state index contributed by atoms with van der Waals surface area (Å²) in [6, 6.07) is 8.34. The summed E-state index contributed by atoms with van der Waals surface area (Å²) < 4.78 is 10.6. The molecule has 0 aliphatic heterocycles. The van der Waals surface area contributed by atoms with Crippen molar-refractivity contribution in [1.29, 1.82) is 0 Å². The predicted molar refractivity (Wildman–Crippen MR) is 72.3 cm³/mol. The summed E-state index contributed by atoms with van der Waals surface area (Å²) >= 11 is 0. The minimum absolute atomic E-state index is 0.183. The monoisotopic (exact) mass is 263 g/mol. The Balaban J connectivity index is 2.07. The summed E-state index contributed by atoms with van der Waals surface area (Å²) in [4.78, 5) is 11.1. The molecule has 1 aromatic heterocycles. The highest BCUT2D eigenvalue weighted by Gasteiger charge is 2.17. The van der Waals surface area contributed by atoms with Gasteiger partial charge in [0, 0.05) is 30.5 Å². The first-order valence-electron chi connectivity index (χ1n) is 6.09. The molecular weight excluding hydrogens is 246 g/mol. The average molecular weight is 263 g/mol. The molecular formula is C14H17NO4. The second kappa shape index (κ2) is 5.42. The Labute approximate surface area is 110 Å². The largest absolute Gasteiger partial charge is 0.493 e. The van der Waals surface area contributed by atoms with Gasteiger partial charge in [0.15, 0.2) is 0 Å². The molecule has 5 nitrogen and oxygen atoms in total. The van der Waals surface area contributed by atoms with Crippen molar-refractivity contribution in [1.82, 2.24) is 0 Å². The van der Waals surface area contributed by atoms with E-state index < -0.39 is 11.2 Å². The highest BCUT2D eigenvalue weighted by Crippen LogP contribution is 2.20. The molecule has 0 fully saturated rings. The number of hydrogen-bond donors (Lipinski definition) is 2. The lowest BCUT2D eigenvalue weighted by Crippen LogP contribution is -2.35. The molecule has 0 aliphatic carbocycles. The summed E-state index contributed by atoms with van der Waals surface area (Å²) in [5.74, 6) is 0.592. The van der Waals surface area contributed by atoms with Crippen molar-refractivity contribution in [2.24, 2.45) is 5.73 Å². The molecule has 3 N–H and O–H groups in total. The number of fused-ring (bicyclic) bond motifs is 1. The van der Waals surface area contributed by atoms with Crippen LogP contribution in [-0.4, -0.2) is 23.9 Å². The molecule has 0 saturated carbocycles. The van der Waals surface area contributed by atoms with Crippen LogP contribution in [0, 0.1) is 0 Å². The number of benzene rings is 1. The van der Waals surface area contributed by atoms with Crippen LogP contribution in [0.5, 0.6) is 5.75 Å². The van der Waals surface area contributed by atoms with Crippen molar-refractivity contribution < 1.29 is 14.3 Å². The van der Waals surface area contributed by atoms with Crippen molar-refractivity contribution in [3.8, 4) is 5.75 Å². The van der Waals surface area contributed by atoms with Crippen molar-refractivity contribution in [2.45, 2.75) is 18.9 Å². The second-order valence-electron chi connectivity index (χ2n) is 4.75. The zero-order valence-corrected chi connectivity index (χ0v) is 10.8. The average Bonchev–Trinajstić information content (AvgIpc) is 2.38. The van der Waals surface area contributed by atoms with E-state index in [1.165, 1.54) is 6.07 Å². The van der Waals surface area contributed by atoms with Crippen LogP contribution in [0.2, 0.25) is 0 Å². The second-order valence-corrected chi connectivity index (χ2v) is 4.75. The zero-order chi connectivity index (χ0) is 13.9. The molecule has 0 amide bonds. The maximum absolute atomic E-state index is 11.1. The van der Waals surface area contributed by atoms with Gasteiger partial charge in [-0.3, -0.25) is 0 Å². The Bertz CT molecular complexity index is 618. The first kappa shape index (κ1) is 13.6. The maximum Gasteiger partial charge on any atom is 0.336 e. The van der Waals surface area contributed by atoms with Gasteiger partial charge >= 0.3 is 5.63 Å². The Morgan fingerprint density at radius 3 is 2.84 bits per heavy atom. The Morgan fingerprint density at radius 1 is 1.37 bits per heavy atom. The molecule has 0 aliphatic rings. The summed E-state index contributed by atoms with van der Waals surface area (Å²) in [6.45, 7) is 2.19. The van der Waals surface area contributed by atoms with E-state index in [2.05, 4.69) is 0 Å². The van der Waals surface area contributed by atoms with Gasteiger partial charge in [-0.2, -0.15) is 0 Å². The van der Waals surface area contributed by atoms with Crippen LogP contribution in [0.25, 0.3) is 11.0 Å². The minimum atomic E-state index is -0.927. The molecule has 0 spiro atoms. The van der Waals surface area contributed by atoms with E-state index in [9.17, 15) is 9.90 Å². The molecule has 0 bridgehead atoms. The number of nitrogens with two attached hydrogens (primary N) is 1. The van der Waals surface area contributed by atoms with Crippen molar-refractivity contribution >= 4 is 11.0 Å². The van der Waals surface area contributed by atoms with Gasteiger partial charge in [-0.25, -0.2) is 4.79 Å². The lowest BCUT2D eigenvalue weighted by molar-refractivity contribution is 0.0453. The molecule has 0 unspecified atom stereocenters. The molecule has 5 heteroatoms. The minimum Gasteiger partial charge on any atom is -0.493 e. The van der Waals surface area contributed by atoms with Crippen LogP contribution in [0.1, 0.15) is 13.3 Å². The maximum atomic E-state index is 11.1. The molecule has 19 heavy (non-hydrogen) atoms. The number of aliphatic hydroxyl groups is 1. The first-order valence-corrected chi connectivity index (χ1v) is 6.09. The molecule has 0 saturated heterocycles. The van der Waals surface area contributed by atoms with E-state index in [0.29, 0.717) is 24.4 Å². The van der Waals surface area contributed by atoms with Crippen LogP contribution in [0.4, 0.5) is 0 Å². The summed E-state index contributed by atoms with van der Waals surface area (Å²) in [7, 11) is 0. The van der Waals surface area contributed by atoms with Crippen LogP contribution < -0.4 is 16.1 Å². The van der Waals surface area contributed by atoms with E-state index in [-0.39, 0.29) is 6.54 Å². The lowest BCUT2D eigenvalue weighted by atomic mass is 10.0. The molecule has 1 aromatic carbocycles. The van der Waals surface area contributed by atoms with Gasteiger partial charge in [0.2, 0.25) is 0 Å². The van der Waals surface area contributed by atoms with Crippen molar-refractivity contribution in [3.63, 3.8) is 0 Å². The highest BCUT2D eigenvalue weighted by molar-refractivity contribution is 5.77. The number of ether oxygens (including phenoxy) is 1. The summed E-state index contributed by atoms with van der Waals surface area (Å²) in [6.07, 6.45) is 0.431. The third-order valence-electron chi connectivity index (χ3n) is 2.94. The SMILES string of the molecule is C[C@](O)(CN)CCOc1ccc2ccc(=O)oc2c1. The molecule has 0 radical (unpaired) electrons. The van der Waals surface area contributed by atoms with E-state index in [4.69, 9.17) is 14.9 Å². The van der Waals surface area contributed by atoms with Gasteiger partial charge in [0.1, 0.15) is 11.3 Å². The van der Waals surface area contributed by atoms with Crippen LogP contribution in [0.15, 0.2) is 39.5 Å². The van der Waals surface area contributed by atoms with Gasteiger partial charge in [-0.1, -0.05) is 0 Å². The molecule has 2 aromatic rings. The molecule has 1 atom stereocenters. The highest BCUT2D eigenvalue weighted by atomic mass is 16.5. The van der Waals surface area contributed by atoms with Gasteiger partial charge in [-0.15, -0.1) is 0 Å². The topological polar surface area (TPSA) is 85.7 Å². The van der Waals surface area contributed by atoms with E-state index in [1.807, 2.05) is 6.07 Å². The third kappa shape index (κ3) is 3.56. The van der Waals surface area contributed by atoms with Crippen molar-refractivity contribution in [3.05, 3.63) is 40.8 Å². The van der Waals surface area contributed by atoms with Crippen LogP contribution >= 0.6 is 0 Å². The number of rotatable bonds is 5. The van der Waals surface area contributed by atoms with E-state index in [0.717, 1.165) is 5.39 Å². The Morgan fingerprint density at radius 2 is 2.11 bits per heavy atom. The fourth-order valence-corrected chi connectivity index (χ4v) is 1.62. The van der Waals surface area contributed by atoms with Gasteiger partial charge in [0.25, 0.3) is 0 Å². The quantitative estimate of drug-likeness (QED) is 0.793. The van der Waals surface area contributed by atoms with E-state index >= 15 is 0 Å². The molecule has 2 rings (SSSR count). The molecule has 102 valence electrons. The number of hydrogen-bond acceptors (Lipinski definition) is 5. The van der Waals surface area contributed by atoms with Gasteiger partial charge in [-0.05, 0) is 25.1 Å². The van der Waals surface area contributed by atoms with Crippen LogP contribution in [-0.2, 0) is 0 Å². The molecule has 1 heterocycles. The zero-order valence-electron chi connectivity index (χ0n) is 10.8. The summed E-state index contributed by atoms with van der Waals surface area (Å²) in [5, 5.41) is 10.6. The van der Waals surface area contributed by atoms with Gasteiger partial charge < -0.3 is 20.0 Å². The van der Waals surface area contributed by atoms with E-state index in [1.54, 1.807) is 25.1 Å². The van der Waals surface area contributed by atoms with Crippen LogP contribution in [0.3, 0.4) is 0 Å². The first-order chi connectivity index (χ1) is 9.00. The van der Waals surface area contributed by atoms with Gasteiger partial charge in [0.05, 0.1) is 12.2 Å². The fraction of sp³-hybridized carbons (Fsp3) is 0.357. The normalized spacial score (nSPS) is 14.3. The Kier molecular flexibility index (Phi) is 3.87. The standard InChI is InChI=1S/C14H17NO4/c1-14(17,9-15)6-7-18-11-4-2-10-3-5-13(16)19-12(10)8-11/h2-5,8,17H,6-7,9,15H2,1H3/t14-/m1/s1.